The standard InChI is InChI=1S/C12H20N6O/c1-9(12(19)18-5-3-2-4-6-18)16-10-7-11(17-13)15-8-14-10/h7-9H,2-6,13H2,1H3,(H2,14,15,16,17). The molecule has 1 aliphatic rings. The maximum absolute atomic E-state index is 12.2. The van der Waals surface area contributed by atoms with Crippen molar-refractivity contribution in [1.29, 1.82) is 0 Å². The molecule has 2 heterocycles. The summed E-state index contributed by atoms with van der Waals surface area (Å²) in [6.45, 7) is 3.54. The van der Waals surface area contributed by atoms with Crippen LogP contribution in [0, 0.1) is 0 Å². The lowest BCUT2D eigenvalue weighted by Gasteiger charge is -2.29. The SMILES string of the molecule is CC(Nc1cc(NN)ncn1)C(=O)N1CCCCC1. The molecular formula is C12H20N6O. The highest BCUT2D eigenvalue weighted by Gasteiger charge is 2.22. The fourth-order valence-electron chi connectivity index (χ4n) is 2.19. The van der Waals surface area contributed by atoms with Gasteiger partial charge < -0.3 is 15.6 Å². The van der Waals surface area contributed by atoms with Gasteiger partial charge in [-0.1, -0.05) is 0 Å². The van der Waals surface area contributed by atoms with E-state index in [9.17, 15) is 4.79 Å². The molecule has 104 valence electrons. The van der Waals surface area contributed by atoms with Crippen LogP contribution in [0.2, 0.25) is 0 Å². The predicted octanol–water partition coefficient (Wildman–Crippen LogP) is 0.575. The number of aromatic nitrogens is 2. The van der Waals surface area contributed by atoms with Gasteiger partial charge in [-0.3, -0.25) is 4.79 Å². The van der Waals surface area contributed by atoms with Gasteiger partial charge >= 0.3 is 0 Å². The van der Waals surface area contributed by atoms with Gasteiger partial charge in [0.15, 0.2) is 0 Å². The number of piperidine rings is 1. The second-order valence-corrected chi connectivity index (χ2v) is 4.68. The molecule has 0 spiro atoms. The highest BCUT2D eigenvalue weighted by atomic mass is 16.2. The van der Waals surface area contributed by atoms with Gasteiger partial charge in [-0.15, -0.1) is 0 Å². The normalized spacial score (nSPS) is 16.8. The molecule has 1 aromatic heterocycles. The first-order valence-electron chi connectivity index (χ1n) is 6.54. The third-order valence-electron chi connectivity index (χ3n) is 3.22. The lowest BCUT2D eigenvalue weighted by Crippen LogP contribution is -2.44. The summed E-state index contributed by atoms with van der Waals surface area (Å²) >= 11 is 0. The van der Waals surface area contributed by atoms with Crippen molar-refractivity contribution in [2.45, 2.75) is 32.2 Å². The average Bonchev–Trinajstić information content (AvgIpc) is 2.47. The number of likely N-dealkylation sites (tertiary alicyclic amines) is 1. The monoisotopic (exact) mass is 264 g/mol. The van der Waals surface area contributed by atoms with E-state index in [4.69, 9.17) is 5.84 Å². The van der Waals surface area contributed by atoms with Crippen LogP contribution in [0.3, 0.4) is 0 Å². The van der Waals surface area contributed by atoms with E-state index in [-0.39, 0.29) is 11.9 Å². The van der Waals surface area contributed by atoms with E-state index in [0.29, 0.717) is 11.6 Å². The zero-order valence-corrected chi connectivity index (χ0v) is 11.1. The summed E-state index contributed by atoms with van der Waals surface area (Å²) in [6, 6.07) is 1.36. The lowest BCUT2D eigenvalue weighted by molar-refractivity contribution is -0.132. The molecule has 7 nitrogen and oxygen atoms in total. The Morgan fingerprint density at radius 1 is 1.32 bits per heavy atom. The molecule has 0 aromatic carbocycles. The van der Waals surface area contributed by atoms with Gasteiger partial charge in [0, 0.05) is 19.2 Å². The van der Waals surface area contributed by atoms with Crippen LogP contribution < -0.4 is 16.6 Å². The topological polar surface area (TPSA) is 96.2 Å². The minimum Gasteiger partial charge on any atom is -0.358 e. The molecule has 1 amide bonds. The molecule has 1 unspecified atom stereocenters. The van der Waals surface area contributed by atoms with Crippen LogP contribution in [0.4, 0.5) is 11.6 Å². The number of nitrogens with two attached hydrogens (primary N) is 1. The molecule has 0 radical (unpaired) electrons. The Labute approximate surface area is 112 Å². The Kier molecular flexibility index (Phi) is 4.51. The van der Waals surface area contributed by atoms with Crippen molar-refractivity contribution in [2.24, 2.45) is 5.84 Å². The van der Waals surface area contributed by atoms with E-state index in [1.165, 1.54) is 12.7 Å². The number of nitrogen functional groups attached to an aromatic ring is 1. The van der Waals surface area contributed by atoms with Crippen molar-refractivity contribution in [3.05, 3.63) is 12.4 Å². The first-order chi connectivity index (χ1) is 9.20. The molecule has 4 N–H and O–H groups in total. The summed E-state index contributed by atoms with van der Waals surface area (Å²) in [4.78, 5) is 22.1. The molecule has 2 rings (SSSR count). The smallest absolute Gasteiger partial charge is 0.244 e. The molecular weight excluding hydrogens is 244 g/mol. The number of carbonyl (C=O) groups is 1. The molecule has 0 aliphatic carbocycles. The summed E-state index contributed by atoms with van der Waals surface area (Å²) in [6.07, 6.45) is 4.79. The molecule has 0 saturated carbocycles. The molecule has 0 bridgehead atoms. The van der Waals surface area contributed by atoms with Gasteiger partial charge in [-0.25, -0.2) is 15.8 Å². The molecule has 1 aromatic rings. The number of hydrogen-bond donors (Lipinski definition) is 3. The van der Waals surface area contributed by atoms with Crippen molar-refractivity contribution in [1.82, 2.24) is 14.9 Å². The molecule has 7 heteroatoms. The van der Waals surface area contributed by atoms with Gasteiger partial charge in [0.25, 0.3) is 0 Å². The van der Waals surface area contributed by atoms with Crippen molar-refractivity contribution in [2.75, 3.05) is 23.8 Å². The van der Waals surface area contributed by atoms with Crippen LogP contribution in [0.1, 0.15) is 26.2 Å². The Morgan fingerprint density at radius 3 is 2.68 bits per heavy atom. The van der Waals surface area contributed by atoms with Crippen molar-refractivity contribution < 1.29 is 4.79 Å². The fourth-order valence-corrected chi connectivity index (χ4v) is 2.19. The van der Waals surface area contributed by atoms with E-state index < -0.39 is 0 Å². The first-order valence-corrected chi connectivity index (χ1v) is 6.54. The summed E-state index contributed by atoms with van der Waals surface area (Å²) in [5.74, 6) is 6.49. The number of rotatable bonds is 4. The first kappa shape index (κ1) is 13.5. The van der Waals surface area contributed by atoms with Gasteiger partial charge in [-0.05, 0) is 26.2 Å². The third kappa shape index (κ3) is 3.54. The number of nitrogens with zero attached hydrogens (tertiary/aromatic N) is 3. The highest BCUT2D eigenvalue weighted by molar-refractivity contribution is 5.84. The van der Waals surface area contributed by atoms with Crippen LogP contribution in [-0.2, 0) is 4.79 Å². The number of hydrogen-bond acceptors (Lipinski definition) is 6. The van der Waals surface area contributed by atoms with Crippen molar-refractivity contribution >= 4 is 17.5 Å². The summed E-state index contributed by atoms with van der Waals surface area (Å²) in [7, 11) is 0. The van der Waals surface area contributed by atoms with Gasteiger partial charge in [0.1, 0.15) is 24.0 Å². The minimum atomic E-state index is -0.307. The molecule has 19 heavy (non-hydrogen) atoms. The van der Waals surface area contributed by atoms with E-state index in [0.717, 1.165) is 25.9 Å². The van der Waals surface area contributed by atoms with Crippen LogP contribution in [-0.4, -0.2) is 39.9 Å². The van der Waals surface area contributed by atoms with E-state index in [1.807, 2.05) is 11.8 Å². The third-order valence-corrected chi connectivity index (χ3v) is 3.22. The zero-order chi connectivity index (χ0) is 13.7. The molecule has 1 aliphatic heterocycles. The second-order valence-electron chi connectivity index (χ2n) is 4.68. The Bertz CT molecular complexity index is 432. The number of hydrazine groups is 1. The largest absolute Gasteiger partial charge is 0.358 e. The fraction of sp³-hybridized carbons (Fsp3) is 0.583. The number of amides is 1. The Balaban J connectivity index is 1.95. The van der Waals surface area contributed by atoms with Gasteiger partial charge in [-0.2, -0.15) is 0 Å². The Hall–Kier alpha value is -1.89. The van der Waals surface area contributed by atoms with E-state index in [2.05, 4.69) is 20.7 Å². The van der Waals surface area contributed by atoms with E-state index >= 15 is 0 Å². The van der Waals surface area contributed by atoms with Crippen molar-refractivity contribution in [3.8, 4) is 0 Å². The summed E-state index contributed by atoms with van der Waals surface area (Å²) in [5.41, 5.74) is 2.45. The van der Waals surface area contributed by atoms with Gasteiger partial charge in [0.05, 0.1) is 0 Å². The summed E-state index contributed by atoms with van der Waals surface area (Å²) < 4.78 is 0. The molecule has 1 saturated heterocycles. The Morgan fingerprint density at radius 2 is 2.00 bits per heavy atom. The average molecular weight is 264 g/mol. The number of carbonyl (C=O) groups excluding carboxylic acids is 1. The van der Waals surface area contributed by atoms with Crippen LogP contribution in [0.15, 0.2) is 12.4 Å². The predicted molar refractivity (Wildman–Crippen MR) is 73.4 cm³/mol. The number of anilines is 2. The highest BCUT2D eigenvalue weighted by Crippen LogP contribution is 2.13. The summed E-state index contributed by atoms with van der Waals surface area (Å²) in [5, 5.41) is 3.08. The lowest BCUT2D eigenvalue weighted by atomic mass is 10.1. The van der Waals surface area contributed by atoms with Crippen LogP contribution >= 0.6 is 0 Å². The second kappa shape index (κ2) is 6.33. The minimum absolute atomic E-state index is 0.112. The number of nitrogens with one attached hydrogen (secondary N) is 2. The maximum atomic E-state index is 12.2. The van der Waals surface area contributed by atoms with Gasteiger partial charge in [0.2, 0.25) is 5.91 Å². The quantitative estimate of drug-likeness (QED) is 0.543. The van der Waals surface area contributed by atoms with E-state index in [1.54, 1.807) is 6.07 Å². The molecule has 1 atom stereocenters. The van der Waals surface area contributed by atoms with Crippen LogP contribution in [0.25, 0.3) is 0 Å². The maximum Gasteiger partial charge on any atom is 0.244 e. The zero-order valence-electron chi connectivity index (χ0n) is 11.1. The van der Waals surface area contributed by atoms with Crippen LogP contribution in [0.5, 0.6) is 0 Å². The van der Waals surface area contributed by atoms with Crippen molar-refractivity contribution in [3.63, 3.8) is 0 Å². The molecule has 1 fully saturated rings.